The maximum absolute atomic E-state index is 13.6. The summed E-state index contributed by atoms with van der Waals surface area (Å²) < 4.78 is 38.8. The fraction of sp³-hybridized carbons (Fsp3) is 0.464. The number of aliphatic hydroxyl groups excluding tert-OH is 1. The minimum absolute atomic E-state index is 0.0167. The third-order valence-corrected chi connectivity index (χ3v) is 8.11. The fourth-order valence-electron chi connectivity index (χ4n) is 4.04. The summed E-state index contributed by atoms with van der Waals surface area (Å²) in [5, 5.41) is 16.2. The molecule has 1 unspecified atom stereocenters. The summed E-state index contributed by atoms with van der Waals surface area (Å²) in [5.74, 6) is -1.05. The summed E-state index contributed by atoms with van der Waals surface area (Å²) in [6.45, 7) is 2.51. The van der Waals surface area contributed by atoms with Crippen LogP contribution in [-0.4, -0.2) is 80.7 Å². The van der Waals surface area contributed by atoms with E-state index in [0.717, 1.165) is 18.4 Å². The highest BCUT2D eigenvalue weighted by atomic mass is 32.2. The first-order valence-electron chi connectivity index (χ1n) is 13.3. The second-order valence-corrected chi connectivity index (χ2v) is 11.4. The first-order chi connectivity index (χ1) is 19.5. The quantitative estimate of drug-likeness (QED) is 0.200. The monoisotopic (exact) mass is 592 g/mol. The molecule has 41 heavy (non-hydrogen) atoms. The zero-order valence-corrected chi connectivity index (χ0v) is 24.4. The Labute approximate surface area is 241 Å². The number of amides is 3. The van der Waals surface area contributed by atoms with E-state index in [1.807, 2.05) is 13.0 Å². The van der Waals surface area contributed by atoms with Crippen molar-refractivity contribution in [3.8, 4) is 5.75 Å². The van der Waals surface area contributed by atoms with Gasteiger partial charge in [0.2, 0.25) is 21.8 Å². The van der Waals surface area contributed by atoms with Gasteiger partial charge >= 0.3 is 6.09 Å². The molecule has 0 radical (unpaired) electrons. The van der Waals surface area contributed by atoms with E-state index < -0.39 is 52.7 Å². The standard InChI is InChI=1S/C28H40N4O8S/c1-4-5-9-15-32(41(37,38)23-14-10-13-22(17-23)39-3)18-26(34)24(16-21-11-7-6-8-12-21)31-28(36)40-19-25(27(29)35)30-20(2)33/h6-8,10-14,17,24-26,34H,4-5,9,15-16,18-19H2,1-3H3,(H2,29,35)(H,30,33)(H,31,36)/t24?,25-,26+/m0/s1. The Morgan fingerprint density at radius 2 is 1.76 bits per heavy atom. The number of methoxy groups -OCH3 is 1. The van der Waals surface area contributed by atoms with Crippen LogP contribution >= 0.6 is 0 Å². The van der Waals surface area contributed by atoms with Crippen LogP contribution in [0.4, 0.5) is 4.79 Å². The zero-order chi connectivity index (χ0) is 30.4. The van der Waals surface area contributed by atoms with Gasteiger partial charge in [0.25, 0.3) is 0 Å². The number of hydrogen-bond acceptors (Lipinski definition) is 8. The molecule has 2 aromatic rings. The molecule has 0 saturated carbocycles. The van der Waals surface area contributed by atoms with Crippen molar-refractivity contribution in [1.82, 2.24) is 14.9 Å². The van der Waals surface area contributed by atoms with Crippen LogP contribution in [0.15, 0.2) is 59.5 Å². The highest BCUT2D eigenvalue weighted by molar-refractivity contribution is 7.89. The van der Waals surface area contributed by atoms with Gasteiger partial charge < -0.3 is 30.9 Å². The molecule has 3 amide bonds. The molecule has 12 nitrogen and oxygen atoms in total. The summed E-state index contributed by atoms with van der Waals surface area (Å²) in [4.78, 5) is 35.6. The molecule has 0 saturated heterocycles. The van der Waals surface area contributed by atoms with Crippen molar-refractivity contribution >= 4 is 27.9 Å². The highest BCUT2D eigenvalue weighted by Gasteiger charge is 2.31. The van der Waals surface area contributed by atoms with Crippen molar-refractivity contribution in [1.29, 1.82) is 0 Å². The van der Waals surface area contributed by atoms with Crippen LogP contribution in [-0.2, 0) is 30.8 Å². The highest BCUT2D eigenvalue weighted by Crippen LogP contribution is 2.22. The third kappa shape index (κ3) is 11.0. The second kappa shape index (κ2) is 16.6. The van der Waals surface area contributed by atoms with Gasteiger partial charge in [-0.1, -0.05) is 56.2 Å². The molecule has 2 aromatic carbocycles. The molecule has 0 aliphatic rings. The van der Waals surface area contributed by atoms with E-state index in [-0.39, 0.29) is 24.4 Å². The average Bonchev–Trinajstić information content (AvgIpc) is 2.94. The van der Waals surface area contributed by atoms with Gasteiger partial charge in [-0.25, -0.2) is 13.2 Å². The van der Waals surface area contributed by atoms with Gasteiger partial charge in [0.05, 0.1) is 24.2 Å². The van der Waals surface area contributed by atoms with Crippen LogP contribution in [0.3, 0.4) is 0 Å². The summed E-state index contributed by atoms with van der Waals surface area (Å²) in [5.41, 5.74) is 6.04. The molecule has 0 aliphatic carbocycles. The first-order valence-corrected chi connectivity index (χ1v) is 14.8. The Bertz CT molecular complexity index is 1240. The average molecular weight is 593 g/mol. The van der Waals surface area contributed by atoms with Crippen molar-refractivity contribution < 1.29 is 37.4 Å². The van der Waals surface area contributed by atoms with E-state index in [2.05, 4.69) is 10.6 Å². The van der Waals surface area contributed by atoms with Crippen LogP contribution in [0, 0.1) is 0 Å². The lowest BCUT2D eigenvalue weighted by molar-refractivity contribution is -0.127. The Morgan fingerprint density at radius 3 is 2.37 bits per heavy atom. The van der Waals surface area contributed by atoms with Crippen LogP contribution in [0.25, 0.3) is 0 Å². The van der Waals surface area contributed by atoms with Gasteiger partial charge in [-0.05, 0) is 30.5 Å². The SMILES string of the molecule is CCCCCN(C[C@@H](O)C(Cc1ccccc1)NC(=O)OC[C@H](NC(C)=O)C(N)=O)S(=O)(=O)c1cccc(OC)c1. The van der Waals surface area contributed by atoms with Gasteiger partial charge in [-0.3, -0.25) is 9.59 Å². The number of sulfonamides is 1. The fourth-order valence-corrected chi connectivity index (χ4v) is 5.57. The smallest absolute Gasteiger partial charge is 0.407 e. The molecular weight excluding hydrogens is 552 g/mol. The Balaban J connectivity index is 2.28. The van der Waals surface area contributed by atoms with Crippen molar-refractivity contribution in [2.45, 2.75) is 62.6 Å². The number of unbranched alkanes of at least 4 members (excludes halogenated alkanes) is 2. The van der Waals surface area contributed by atoms with E-state index in [4.69, 9.17) is 15.2 Å². The summed E-state index contributed by atoms with van der Waals surface area (Å²) >= 11 is 0. The van der Waals surface area contributed by atoms with Gasteiger partial charge in [-0.15, -0.1) is 0 Å². The normalized spacial score (nSPS) is 13.6. The van der Waals surface area contributed by atoms with E-state index in [9.17, 15) is 27.9 Å². The number of aliphatic hydroxyl groups is 1. The van der Waals surface area contributed by atoms with E-state index in [0.29, 0.717) is 12.2 Å². The predicted octanol–water partition coefficient (Wildman–Crippen LogP) is 1.56. The number of hydrogen-bond donors (Lipinski definition) is 4. The maximum atomic E-state index is 13.6. The van der Waals surface area contributed by atoms with Gasteiger partial charge in [0.15, 0.2) is 0 Å². The molecule has 3 atom stereocenters. The van der Waals surface area contributed by atoms with Gasteiger partial charge in [0.1, 0.15) is 18.4 Å². The molecule has 5 N–H and O–H groups in total. The Morgan fingerprint density at radius 1 is 1.05 bits per heavy atom. The Kier molecular flexibility index (Phi) is 13.5. The molecule has 0 fully saturated rings. The van der Waals surface area contributed by atoms with E-state index in [1.54, 1.807) is 36.4 Å². The predicted molar refractivity (Wildman–Crippen MR) is 153 cm³/mol. The number of carbonyl (C=O) groups is 3. The molecule has 0 spiro atoms. The number of alkyl carbamates (subject to hydrolysis) is 1. The molecule has 0 bridgehead atoms. The van der Waals surface area contributed by atoms with Crippen LogP contribution in [0.2, 0.25) is 0 Å². The summed E-state index contributed by atoms with van der Waals surface area (Å²) in [6.07, 6.45) is 0.0621. The minimum Gasteiger partial charge on any atom is -0.497 e. The van der Waals surface area contributed by atoms with Crippen molar-refractivity contribution in [3.63, 3.8) is 0 Å². The summed E-state index contributed by atoms with van der Waals surface area (Å²) in [6, 6.07) is 12.9. The van der Waals surface area contributed by atoms with Crippen LogP contribution < -0.4 is 21.1 Å². The lowest BCUT2D eigenvalue weighted by Gasteiger charge is -2.30. The van der Waals surface area contributed by atoms with Crippen molar-refractivity contribution in [2.75, 3.05) is 26.8 Å². The largest absolute Gasteiger partial charge is 0.497 e. The molecule has 13 heteroatoms. The second-order valence-electron chi connectivity index (χ2n) is 9.51. The third-order valence-electron chi connectivity index (χ3n) is 6.25. The first kappa shape index (κ1) is 33.5. The number of primary amides is 1. The molecule has 0 aliphatic heterocycles. The molecular formula is C28H40N4O8S. The molecule has 0 aromatic heterocycles. The lowest BCUT2D eigenvalue weighted by atomic mass is 10.0. The number of rotatable bonds is 17. The number of nitrogens with two attached hydrogens (primary N) is 1. The lowest BCUT2D eigenvalue weighted by Crippen LogP contribution is -2.52. The summed E-state index contributed by atoms with van der Waals surface area (Å²) in [7, 11) is -2.59. The van der Waals surface area contributed by atoms with Gasteiger partial charge in [-0.2, -0.15) is 4.31 Å². The van der Waals surface area contributed by atoms with E-state index in [1.165, 1.54) is 30.5 Å². The topological polar surface area (TPSA) is 177 Å². The molecule has 0 heterocycles. The maximum Gasteiger partial charge on any atom is 0.407 e. The number of ether oxygens (including phenoxy) is 2. The number of benzene rings is 2. The number of nitrogens with zero attached hydrogens (tertiary/aromatic N) is 1. The number of carbonyl (C=O) groups excluding carboxylic acids is 3. The van der Waals surface area contributed by atoms with Crippen molar-refractivity contribution in [3.05, 3.63) is 60.2 Å². The van der Waals surface area contributed by atoms with Crippen molar-refractivity contribution in [2.24, 2.45) is 5.73 Å². The zero-order valence-electron chi connectivity index (χ0n) is 23.6. The van der Waals surface area contributed by atoms with Gasteiger partial charge in [0, 0.05) is 26.1 Å². The van der Waals surface area contributed by atoms with Crippen LogP contribution in [0.1, 0.15) is 38.7 Å². The van der Waals surface area contributed by atoms with Crippen LogP contribution in [0.5, 0.6) is 5.75 Å². The molecule has 226 valence electrons. The van der Waals surface area contributed by atoms with E-state index >= 15 is 0 Å². The molecule has 2 rings (SSSR count). The number of nitrogens with one attached hydrogen (secondary N) is 2. The minimum atomic E-state index is -4.03. The Hall–Kier alpha value is -3.68.